The number of aliphatic hydroxyl groups is 1. The van der Waals surface area contributed by atoms with Gasteiger partial charge >= 0.3 is 6.09 Å². The lowest BCUT2D eigenvalue weighted by atomic mass is 9.87. The van der Waals surface area contributed by atoms with Gasteiger partial charge in [-0.2, -0.15) is 4.31 Å². The van der Waals surface area contributed by atoms with Crippen molar-refractivity contribution in [3.63, 3.8) is 0 Å². The molecule has 1 aromatic carbocycles. The molecular formula is C16H21NO5S. The molecule has 1 saturated heterocycles. The number of aliphatic hydroxyl groups excluding tert-OH is 1. The van der Waals surface area contributed by atoms with Crippen molar-refractivity contribution in [1.29, 1.82) is 0 Å². The van der Waals surface area contributed by atoms with Gasteiger partial charge in [0.05, 0.1) is 11.0 Å². The Morgan fingerprint density at radius 2 is 1.91 bits per heavy atom. The molecule has 7 heteroatoms. The molecule has 0 bridgehead atoms. The van der Waals surface area contributed by atoms with Crippen molar-refractivity contribution in [2.75, 3.05) is 6.61 Å². The fourth-order valence-electron chi connectivity index (χ4n) is 2.65. The maximum Gasteiger partial charge on any atom is 0.424 e. The fourth-order valence-corrected chi connectivity index (χ4v) is 4.27. The van der Waals surface area contributed by atoms with Gasteiger partial charge in [0.25, 0.3) is 10.0 Å². The minimum atomic E-state index is -4.18. The molecule has 1 aromatic rings. The van der Waals surface area contributed by atoms with Gasteiger partial charge in [0.1, 0.15) is 12.1 Å². The topological polar surface area (TPSA) is 83.9 Å². The summed E-state index contributed by atoms with van der Waals surface area (Å²) in [5.41, 5.74) is -0.625. The number of sulfonamides is 1. The Kier molecular flexibility index (Phi) is 4.54. The van der Waals surface area contributed by atoms with Gasteiger partial charge in [-0.1, -0.05) is 37.6 Å². The first-order chi connectivity index (χ1) is 10.7. The lowest BCUT2D eigenvalue weighted by Crippen LogP contribution is -2.57. The summed E-state index contributed by atoms with van der Waals surface area (Å²) in [7, 11) is -4.18. The highest BCUT2D eigenvalue weighted by Gasteiger charge is 2.57. The van der Waals surface area contributed by atoms with Crippen molar-refractivity contribution in [3.05, 3.63) is 42.5 Å². The Morgan fingerprint density at radius 1 is 1.35 bits per heavy atom. The monoisotopic (exact) mass is 339 g/mol. The number of rotatable bonds is 5. The molecule has 126 valence electrons. The Bertz CT molecular complexity index is 710. The number of ether oxygens (including phenoxy) is 1. The number of carbonyl (C=O) groups excluding carboxylic acids is 1. The van der Waals surface area contributed by atoms with E-state index < -0.39 is 27.8 Å². The van der Waals surface area contributed by atoms with Crippen LogP contribution in [0.15, 0.2) is 41.8 Å². The number of carbonyl (C=O) groups is 1. The van der Waals surface area contributed by atoms with E-state index in [1.165, 1.54) is 18.2 Å². The van der Waals surface area contributed by atoms with Crippen LogP contribution in [-0.4, -0.2) is 42.2 Å². The summed E-state index contributed by atoms with van der Waals surface area (Å²) in [5, 5.41) is 10.5. The minimum absolute atomic E-state index is 0.0378. The van der Waals surface area contributed by atoms with Crippen LogP contribution < -0.4 is 0 Å². The number of benzene rings is 1. The molecule has 0 saturated carbocycles. The molecule has 1 fully saturated rings. The second kappa shape index (κ2) is 5.98. The summed E-state index contributed by atoms with van der Waals surface area (Å²) in [6.07, 6.45) is -0.870. The standard InChI is InChI=1S/C16H21NO5S/c1-5-16(14(18)11(2)3)10-22-15(19)17(16)23(20,21)13-8-6-12(4)7-9-13/h5-9,11,14,18H,1,10H2,2-4H3/t14-,16+/m1/s1. The molecule has 0 spiro atoms. The third-order valence-corrected chi connectivity index (χ3v) is 5.86. The zero-order valence-electron chi connectivity index (χ0n) is 13.4. The summed E-state index contributed by atoms with van der Waals surface area (Å²) < 4.78 is 31.4. The van der Waals surface area contributed by atoms with Crippen LogP contribution in [0.5, 0.6) is 0 Å². The Morgan fingerprint density at radius 3 is 2.39 bits per heavy atom. The van der Waals surface area contributed by atoms with E-state index in [1.807, 2.05) is 6.92 Å². The van der Waals surface area contributed by atoms with Crippen LogP contribution in [0.4, 0.5) is 4.79 Å². The number of nitrogens with zero attached hydrogens (tertiary/aromatic N) is 1. The summed E-state index contributed by atoms with van der Waals surface area (Å²) in [5.74, 6) is -0.293. The smallest absolute Gasteiger partial charge is 0.424 e. The predicted octanol–water partition coefficient (Wildman–Crippen LogP) is 2.08. The highest BCUT2D eigenvalue weighted by atomic mass is 32.2. The number of cyclic esters (lactones) is 1. The first-order valence-electron chi connectivity index (χ1n) is 7.27. The van der Waals surface area contributed by atoms with Crippen molar-refractivity contribution < 1.29 is 23.1 Å². The van der Waals surface area contributed by atoms with Crippen LogP contribution in [0.2, 0.25) is 0 Å². The van der Waals surface area contributed by atoms with E-state index in [0.29, 0.717) is 4.31 Å². The van der Waals surface area contributed by atoms with Crippen LogP contribution in [0, 0.1) is 12.8 Å². The minimum Gasteiger partial charge on any atom is -0.446 e. The molecule has 0 radical (unpaired) electrons. The molecule has 0 aliphatic carbocycles. The first-order valence-corrected chi connectivity index (χ1v) is 8.71. The van der Waals surface area contributed by atoms with Gasteiger partial charge in [-0.3, -0.25) is 0 Å². The van der Waals surface area contributed by atoms with E-state index in [-0.39, 0.29) is 17.4 Å². The molecule has 2 atom stereocenters. The highest BCUT2D eigenvalue weighted by Crippen LogP contribution is 2.37. The fraction of sp³-hybridized carbons (Fsp3) is 0.438. The first kappa shape index (κ1) is 17.5. The molecular weight excluding hydrogens is 318 g/mol. The summed E-state index contributed by atoms with van der Waals surface area (Å²) >= 11 is 0. The average Bonchev–Trinajstić information content (AvgIpc) is 2.85. The molecule has 6 nitrogen and oxygen atoms in total. The van der Waals surface area contributed by atoms with Crippen LogP contribution >= 0.6 is 0 Å². The molecule has 0 aromatic heterocycles. The van der Waals surface area contributed by atoms with Crippen LogP contribution in [-0.2, 0) is 14.8 Å². The SMILES string of the molecule is C=C[C@@]1([C@H](O)C(C)C)COC(=O)N1S(=O)(=O)c1ccc(C)cc1. The molecule has 1 heterocycles. The lowest BCUT2D eigenvalue weighted by Gasteiger charge is -2.37. The van der Waals surface area contributed by atoms with Gasteiger partial charge in [0.2, 0.25) is 0 Å². The molecule has 1 amide bonds. The largest absolute Gasteiger partial charge is 0.446 e. The molecule has 2 rings (SSSR count). The van der Waals surface area contributed by atoms with E-state index in [0.717, 1.165) is 5.56 Å². The predicted molar refractivity (Wildman–Crippen MR) is 85.3 cm³/mol. The van der Waals surface area contributed by atoms with Crippen LogP contribution in [0.3, 0.4) is 0 Å². The number of aryl methyl sites for hydroxylation is 1. The van der Waals surface area contributed by atoms with E-state index in [9.17, 15) is 18.3 Å². The van der Waals surface area contributed by atoms with Crippen molar-refractivity contribution in [3.8, 4) is 0 Å². The number of hydrogen-bond donors (Lipinski definition) is 1. The van der Waals surface area contributed by atoms with Gasteiger partial charge in [0.15, 0.2) is 0 Å². The molecule has 1 aliphatic rings. The molecule has 23 heavy (non-hydrogen) atoms. The van der Waals surface area contributed by atoms with E-state index >= 15 is 0 Å². The third kappa shape index (κ3) is 2.74. The molecule has 1 aliphatic heterocycles. The third-order valence-electron chi connectivity index (χ3n) is 4.03. The van der Waals surface area contributed by atoms with Gasteiger partial charge in [0, 0.05) is 0 Å². The van der Waals surface area contributed by atoms with Gasteiger partial charge < -0.3 is 9.84 Å². The van der Waals surface area contributed by atoms with E-state index in [4.69, 9.17) is 4.74 Å². The second-order valence-corrected chi connectivity index (χ2v) is 7.81. The Hall–Kier alpha value is -1.86. The van der Waals surface area contributed by atoms with Gasteiger partial charge in [-0.25, -0.2) is 13.2 Å². The highest BCUT2D eigenvalue weighted by molar-refractivity contribution is 7.89. The second-order valence-electron chi connectivity index (χ2n) is 6.02. The maximum absolute atomic E-state index is 12.9. The van der Waals surface area contributed by atoms with Crippen molar-refractivity contribution in [2.24, 2.45) is 5.92 Å². The number of hydrogen-bond acceptors (Lipinski definition) is 5. The van der Waals surface area contributed by atoms with E-state index in [2.05, 4.69) is 6.58 Å². The maximum atomic E-state index is 12.9. The van der Waals surface area contributed by atoms with Crippen molar-refractivity contribution in [2.45, 2.75) is 37.3 Å². The summed E-state index contributed by atoms with van der Waals surface area (Å²) in [4.78, 5) is 12.1. The lowest BCUT2D eigenvalue weighted by molar-refractivity contribution is 0.0296. The normalized spacial score (nSPS) is 23.0. The zero-order valence-corrected chi connectivity index (χ0v) is 14.2. The molecule has 1 N–H and O–H groups in total. The van der Waals surface area contributed by atoms with E-state index in [1.54, 1.807) is 26.0 Å². The van der Waals surface area contributed by atoms with Gasteiger partial charge in [-0.15, -0.1) is 6.58 Å². The van der Waals surface area contributed by atoms with Crippen LogP contribution in [0.25, 0.3) is 0 Å². The Balaban J connectivity index is 2.59. The van der Waals surface area contributed by atoms with Crippen molar-refractivity contribution in [1.82, 2.24) is 4.31 Å². The average molecular weight is 339 g/mol. The number of amides is 1. The van der Waals surface area contributed by atoms with Gasteiger partial charge in [-0.05, 0) is 25.0 Å². The summed E-state index contributed by atoms with van der Waals surface area (Å²) in [6.45, 7) is 8.66. The quantitative estimate of drug-likeness (QED) is 0.830. The summed E-state index contributed by atoms with van der Waals surface area (Å²) in [6, 6.07) is 6.13. The zero-order chi connectivity index (χ0) is 17.4. The van der Waals surface area contributed by atoms with Crippen molar-refractivity contribution >= 4 is 16.1 Å². The molecule has 0 unspecified atom stereocenters. The Labute approximate surface area is 136 Å². The van der Waals surface area contributed by atoms with Crippen LogP contribution in [0.1, 0.15) is 19.4 Å².